The number of nitrogens with two attached hydrogens (primary N) is 1. The second-order valence-corrected chi connectivity index (χ2v) is 9.16. The number of piperidine rings is 1. The molecule has 0 amide bonds. The Balaban J connectivity index is 1.32. The molecule has 3 N–H and O–H groups in total. The molecule has 186 valence electrons. The molecule has 0 radical (unpaired) electrons. The minimum Gasteiger partial charge on any atom is -0.545 e. The molecule has 1 aliphatic heterocycles. The van der Waals surface area contributed by atoms with Crippen LogP contribution in [0.3, 0.4) is 0 Å². The predicted molar refractivity (Wildman–Crippen MR) is 133 cm³/mol. The molecule has 0 saturated carbocycles. The number of rotatable bonds is 7. The van der Waals surface area contributed by atoms with Crippen molar-refractivity contribution in [2.75, 3.05) is 23.7 Å². The summed E-state index contributed by atoms with van der Waals surface area (Å²) in [4.78, 5) is 30.1. The van der Waals surface area contributed by atoms with Crippen molar-refractivity contribution in [2.45, 2.75) is 32.0 Å². The third-order valence-electron chi connectivity index (χ3n) is 6.73. The van der Waals surface area contributed by atoms with Crippen LogP contribution in [0, 0.1) is 5.92 Å². The van der Waals surface area contributed by atoms with Gasteiger partial charge < -0.3 is 30.2 Å². The van der Waals surface area contributed by atoms with Crippen molar-refractivity contribution in [3.05, 3.63) is 82.1 Å². The molecule has 2 unspecified atom stereocenters. The highest BCUT2D eigenvalue weighted by Gasteiger charge is 2.28. The zero-order valence-corrected chi connectivity index (χ0v) is 19.7. The average molecular weight is 488 g/mol. The average Bonchev–Trinajstić information content (AvgIpc) is 3.20. The van der Waals surface area contributed by atoms with Crippen LogP contribution in [0.2, 0.25) is 0 Å². The molecule has 2 atom stereocenters. The van der Waals surface area contributed by atoms with Crippen LogP contribution in [-0.2, 0) is 13.1 Å². The van der Waals surface area contributed by atoms with Crippen molar-refractivity contribution in [2.24, 2.45) is 5.92 Å². The zero-order valence-electron chi connectivity index (χ0n) is 19.7. The Labute approximate surface area is 207 Å². The molecule has 10 heteroatoms. The van der Waals surface area contributed by atoms with Crippen molar-refractivity contribution < 1.29 is 15.0 Å². The van der Waals surface area contributed by atoms with E-state index in [1.54, 1.807) is 18.2 Å². The van der Waals surface area contributed by atoms with Gasteiger partial charge in [-0.25, -0.2) is 9.67 Å². The fourth-order valence-corrected chi connectivity index (χ4v) is 4.84. The Morgan fingerprint density at radius 1 is 1.17 bits per heavy atom. The first-order valence-corrected chi connectivity index (χ1v) is 11.9. The number of hydrogen-bond donors (Lipinski definition) is 2. The molecular formula is C26H27N6O4-. The first-order chi connectivity index (χ1) is 17.4. The highest BCUT2D eigenvalue weighted by molar-refractivity contribution is 5.85. The summed E-state index contributed by atoms with van der Waals surface area (Å²) in [5.41, 5.74) is 8.21. The molecule has 1 aliphatic rings. The number of nitrogen functional groups attached to an aromatic ring is 1. The van der Waals surface area contributed by atoms with Crippen molar-refractivity contribution >= 4 is 28.8 Å². The maximum atomic E-state index is 12.5. The second-order valence-electron chi connectivity index (χ2n) is 9.16. The number of carbonyl (C=O) groups excluding carboxylic acids is 1. The maximum Gasteiger partial charge on any atom is 0.267 e. The van der Waals surface area contributed by atoms with E-state index in [-0.39, 0.29) is 23.6 Å². The number of benzene rings is 2. The molecule has 5 rings (SSSR count). The quantitative estimate of drug-likeness (QED) is 0.391. The number of aliphatic hydroxyl groups is 1. The molecule has 3 heterocycles. The Hall–Kier alpha value is -4.18. The van der Waals surface area contributed by atoms with Crippen LogP contribution in [0.15, 0.2) is 65.5 Å². The van der Waals surface area contributed by atoms with E-state index in [4.69, 9.17) is 5.73 Å². The van der Waals surface area contributed by atoms with Gasteiger partial charge in [0, 0.05) is 25.1 Å². The number of anilines is 2. The Kier molecular flexibility index (Phi) is 6.43. The van der Waals surface area contributed by atoms with E-state index >= 15 is 0 Å². The molecule has 0 spiro atoms. The fourth-order valence-electron chi connectivity index (χ4n) is 4.84. The lowest BCUT2D eigenvalue weighted by atomic mass is 9.92. The van der Waals surface area contributed by atoms with Crippen LogP contribution in [-0.4, -0.2) is 49.6 Å². The van der Waals surface area contributed by atoms with Crippen molar-refractivity contribution in [3.63, 3.8) is 0 Å². The summed E-state index contributed by atoms with van der Waals surface area (Å²) >= 11 is 0. The monoisotopic (exact) mass is 487 g/mol. The number of carboxylic acid groups (broad SMARTS) is 1. The molecule has 10 nitrogen and oxygen atoms in total. The topological polar surface area (TPSA) is 142 Å². The summed E-state index contributed by atoms with van der Waals surface area (Å²) < 4.78 is 3.17. The van der Waals surface area contributed by atoms with Gasteiger partial charge in [0.1, 0.15) is 5.82 Å². The highest BCUT2D eigenvalue weighted by Crippen LogP contribution is 2.26. The molecule has 2 aromatic carbocycles. The number of aromatic carboxylic acids is 1. The predicted octanol–water partition coefficient (Wildman–Crippen LogP) is 0.864. The lowest BCUT2D eigenvalue weighted by Gasteiger charge is -2.36. The summed E-state index contributed by atoms with van der Waals surface area (Å²) in [7, 11) is 0. The van der Waals surface area contributed by atoms with Gasteiger partial charge in [0.2, 0.25) is 5.95 Å². The Morgan fingerprint density at radius 3 is 2.83 bits per heavy atom. The smallest absolute Gasteiger partial charge is 0.267 e. The number of imidazole rings is 1. The molecule has 4 aromatic rings. The van der Waals surface area contributed by atoms with Gasteiger partial charge in [-0.3, -0.25) is 4.79 Å². The van der Waals surface area contributed by atoms with E-state index in [1.807, 2.05) is 28.8 Å². The summed E-state index contributed by atoms with van der Waals surface area (Å²) in [6, 6.07) is 17.1. The molecule has 1 fully saturated rings. The maximum absolute atomic E-state index is 12.5. The molecule has 36 heavy (non-hydrogen) atoms. The van der Waals surface area contributed by atoms with Gasteiger partial charge in [-0.15, -0.1) is 0 Å². The van der Waals surface area contributed by atoms with Crippen molar-refractivity contribution in [1.82, 2.24) is 19.3 Å². The minimum atomic E-state index is -1.27. The van der Waals surface area contributed by atoms with E-state index in [0.29, 0.717) is 30.4 Å². The van der Waals surface area contributed by atoms with Crippen LogP contribution >= 0.6 is 0 Å². The summed E-state index contributed by atoms with van der Waals surface area (Å²) in [6.07, 6.45) is 1.10. The van der Waals surface area contributed by atoms with Crippen LogP contribution in [0.4, 0.5) is 11.8 Å². The van der Waals surface area contributed by atoms with Gasteiger partial charge in [-0.2, -0.15) is 5.10 Å². The molecular weight excluding hydrogens is 460 g/mol. The van der Waals surface area contributed by atoms with E-state index in [2.05, 4.69) is 15.0 Å². The van der Waals surface area contributed by atoms with E-state index in [1.165, 1.54) is 22.9 Å². The van der Waals surface area contributed by atoms with Gasteiger partial charge in [0.25, 0.3) is 5.56 Å². The van der Waals surface area contributed by atoms with Gasteiger partial charge in [0.05, 0.1) is 36.2 Å². The van der Waals surface area contributed by atoms with Crippen molar-refractivity contribution in [1.29, 1.82) is 0 Å². The number of hydrogen-bond acceptors (Lipinski definition) is 8. The summed E-state index contributed by atoms with van der Waals surface area (Å²) in [5, 5.41) is 26.8. The Bertz CT molecular complexity index is 1460. The number of nitrogens with zero attached hydrogens (tertiary/aromatic N) is 5. The van der Waals surface area contributed by atoms with Gasteiger partial charge in [0.15, 0.2) is 0 Å². The minimum absolute atomic E-state index is 0.0127. The highest BCUT2D eigenvalue weighted by atomic mass is 16.4. The summed E-state index contributed by atoms with van der Waals surface area (Å²) in [6.45, 7) is 1.82. The lowest BCUT2D eigenvalue weighted by molar-refractivity contribution is -0.255. The standard InChI is InChI=1S/C26H28N6O4/c27-26-28-20-8-1-2-9-21(20)31(26)16-22(33)19-7-4-12-30(15-19)23-10-11-24(34)32(29-23)14-17-5-3-6-18(13-17)25(35)36/h1-3,5-6,8-11,13,19,22,33H,4,7,12,14-16H2,(H2,27,28)(H,35,36)/p-1. The van der Waals surface area contributed by atoms with Gasteiger partial charge in [-0.1, -0.05) is 30.3 Å². The Morgan fingerprint density at radius 2 is 2.00 bits per heavy atom. The van der Waals surface area contributed by atoms with Crippen LogP contribution < -0.4 is 21.3 Å². The van der Waals surface area contributed by atoms with Crippen molar-refractivity contribution in [3.8, 4) is 0 Å². The van der Waals surface area contributed by atoms with Crippen LogP contribution in [0.1, 0.15) is 28.8 Å². The molecule has 1 saturated heterocycles. The first kappa shape index (κ1) is 23.6. The first-order valence-electron chi connectivity index (χ1n) is 11.9. The van der Waals surface area contributed by atoms with Gasteiger partial charge in [-0.05, 0) is 48.2 Å². The fraction of sp³-hybridized carbons (Fsp3) is 0.308. The number of carboxylic acids is 1. The molecule has 0 bridgehead atoms. The molecule has 2 aromatic heterocycles. The largest absolute Gasteiger partial charge is 0.545 e. The lowest BCUT2D eigenvalue weighted by Crippen LogP contribution is -2.42. The van der Waals surface area contributed by atoms with E-state index in [9.17, 15) is 19.8 Å². The summed E-state index contributed by atoms with van der Waals surface area (Å²) in [5.74, 6) is -0.273. The molecule has 0 aliphatic carbocycles. The van der Waals surface area contributed by atoms with Crippen LogP contribution in [0.25, 0.3) is 11.0 Å². The van der Waals surface area contributed by atoms with E-state index in [0.717, 1.165) is 30.4 Å². The number of carbonyl (C=O) groups is 1. The second kappa shape index (κ2) is 9.82. The number of fused-ring (bicyclic) bond motifs is 1. The normalized spacial score (nSPS) is 16.8. The third kappa shape index (κ3) is 4.80. The third-order valence-corrected chi connectivity index (χ3v) is 6.73. The number of para-hydroxylation sites is 2. The van der Waals surface area contributed by atoms with Crippen LogP contribution in [0.5, 0.6) is 0 Å². The van der Waals surface area contributed by atoms with Gasteiger partial charge >= 0.3 is 0 Å². The number of aliphatic hydroxyl groups excluding tert-OH is 1. The number of aromatic nitrogens is 4. The SMILES string of the molecule is Nc1nc2ccccc2n1CC(O)C1CCCN(c2ccc(=O)n(Cc3cccc(C(=O)[O-])c3)n2)C1. The van der Waals surface area contributed by atoms with E-state index < -0.39 is 12.1 Å². The zero-order chi connectivity index (χ0) is 25.2.